The molecule has 2 N–H and O–H groups in total. The first-order valence-electron chi connectivity index (χ1n) is 2.09. The average Bonchev–Trinajstić information content (AvgIpc) is 1.68. The molecule has 0 saturated heterocycles. The van der Waals surface area contributed by atoms with E-state index >= 15 is 0 Å². The van der Waals surface area contributed by atoms with Crippen LogP contribution in [0.1, 0.15) is 6.42 Å². The van der Waals surface area contributed by atoms with Gasteiger partial charge in [-0.1, -0.05) is 6.58 Å². The van der Waals surface area contributed by atoms with Crippen molar-refractivity contribution in [3.63, 3.8) is 0 Å². The third-order valence-corrected chi connectivity index (χ3v) is 0.604. The van der Waals surface area contributed by atoms with E-state index < -0.39 is 0 Å². The predicted octanol–water partition coefficient (Wildman–Crippen LogP) is 0.415. The summed E-state index contributed by atoms with van der Waals surface area (Å²) in [6.45, 7) is 3.94. The van der Waals surface area contributed by atoms with E-state index in [1.54, 1.807) is 0 Å². The molecule has 0 atom stereocenters. The van der Waals surface area contributed by atoms with Gasteiger partial charge in [-0.2, -0.15) is 5.26 Å². The highest BCUT2D eigenvalue weighted by Gasteiger charge is 1.83. The van der Waals surface area contributed by atoms with E-state index in [1.807, 2.05) is 6.07 Å². The Bertz CT molecular complexity index is 99.1. The van der Waals surface area contributed by atoms with Crippen molar-refractivity contribution >= 4 is 0 Å². The van der Waals surface area contributed by atoms with Crippen LogP contribution in [0.2, 0.25) is 0 Å². The molecule has 0 fully saturated rings. The number of nitrogens with zero attached hydrogens (tertiary/aromatic N) is 1. The van der Waals surface area contributed by atoms with Gasteiger partial charge in [0.15, 0.2) is 0 Å². The zero-order chi connectivity index (χ0) is 5.70. The highest BCUT2D eigenvalue weighted by molar-refractivity contribution is 5.15. The van der Waals surface area contributed by atoms with Gasteiger partial charge in [0, 0.05) is 5.57 Å². The second kappa shape index (κ2) is 3.38. The maximum Gasteiger partial charge on any atom is 0.0941 e. The average molecular weight is 96.1 g/mol. The maximum atomic E-state index is 8.06. The van der Waals surface area contributed by atoms with Crippen molar-refractivity contribution in [2.45, 2.75) is 6.42 Å². The standard InChI is InChI=1S/C5H8N2/c1-5(4-7)2-3-6/h1-3,6H2. The summed E-state index contributed by atoms with van der Waals surface area (Å²) in [5.41, 5.74) is 5.65. The molecule has 0 aromatic rings. The van der Waals surface area contributed by atoms with Crippen LogP contribution in [0, 0.1) is 11.3 Å². The topological polar surface area (TPSA) is 49.8 Å². The summed E-state index contributed by atoms with van der Waals surface area (Å²) in [5.74, 6) is 0. The Morgan fingerprint density at radius 1 is 1.86 bits per heavy atom. The smallest absolute Gasteiger partial charge is 0.0941 e. The normalized spacial score (nSPS) is 7.43. The van der Waals surface area contributed by atoms with Crippen LogP contribution in [0.5, 0.6) is 0 Å². The predicted molar refractivity (Wildman–Crippen MR) is 28.4 cm³/mol. The minimum Gasteiger partial charge on any atom is -0.330 e. The van der Waals surface area contributed by atoms with Gasteiger partial charge in [-0.3, -0.25) is 0 Å². The maximum absolute atomic E-state index is 8.06. The van der Waals surface area contributed by atoms with Crippen molar-refractivity contribution in [2.75, 3.05) is 6.54 Å². The Morgan fingerprint density at radius 3 is 2.57 bits per heavy atom. The number of nitriles is 1. The van der Waals surface area contributed by atoms with Gasteiger partial charge < -0.3 is 5.73 Å². The van der Waals surface area contributed by atoms with Crippen molar-refractivity contribution in [1.29, 1.82) is 5.26 Å². The van der Waals surface area contributed by atoms with E-state index in [4.69, 9.17) is 11.0 Å². The molecule has 2 nitrogen and oxygen atoms in total. The quantitative estimate of drug-likeness (QED) is 0.506. The van der Waals surface area contributed by atoms with E-state index in [0.717, 1.165) is 0 Å². The molecule has 0 aliphatic rings. The summed E-state index contributed by atoms with van der Waals surface area (Å²) in [7, 11) is 0. The van der Waals surface area contributed by atoms with E-state index in [2.05, 4.69) is 6.58 Å². The minimum absolute atomic E-state index is 0.520. The van der Waals surface area contributed by atoms with Crippen molar-refractivity contribution in [1.82, 2.24) is 0 Å². The third kappa shape index (κ3) is 3.01. The number of hydrogen-bond donors (Lipinski definition) is 1. The van der Waals surface area contributed by atoms with Crippen molar-refractivity contribution in [2.24, 2.45) is 5.73 Å². The van der Waals surface area contributed by atoms with E-state index in [1.165, 1.54) is 0 Å². The molecule has 0 aliphatic heterocycles. The molecule has 0 unspecified atom stereocenters. The molecule has 7 heavy (non-hydrogen) atoms. The Kier molecular flexibility index (Phi) is 2.99. The van der Waals surface area contributed by atoms with Crippen LogP contribution in [-0.2, 0) is 0 Å². The van der Waals surface area contributed by atoms with Gasteiger partial charge in [-0.15, -0.1) is 0 Å². The van der Waals surface area contributed by atoms with Crippen molar-refractivity contribution < 1.29 is 0 Å². The summed E-state index contributed by atoms with van der Waals surface area (Å²) in [4.78, 5) is 0. The first kappa shape index (κ1) is 6.19. The second-order valence-electron chi connectivity index (χ2n) is 1.25. The molecule has 0 aromatic heterocycles. The molecule has 2 heteroatoms. The molecule has 0 heterocycles. The molecule has 0 amide bonds. The first-order valence-corrected chi connectivity index (χ1v) is 2.09. The van der Waals surface area contributed by atoms with Crippen LogP contribution in [0.25, 0.3) is 0 Å². The lowest BCUT2D eigenvalue weighted by Gasteiger charge is -1.84. The Balaban J connectivity index is 3.24. The van der Waals surface area contributed by atoms with Crippen LogP contribution in [0.15, 0.2) is 12.2 Å². The van der Waals surface area contributed by atoms with E-state index in [0.29, 0.717) is 18.5 Å². The molecular formula is C5H8N2. The summed E-state index contributed by atoms with van der Waals surface area (Å²) in [6.07, 6.45) is 0.622. The van der Waals surface area contributed by atoms with Gasteiger partial charge in [0.05, 0.1) is 6.07 Å². The third-order valence-electron chi connectivity index (χ3n) is 0.604. The first-order chi connectivity index (χ1) is 3.31. The lowest BCUT2D eigenvalue weighted by Crippen LogP contribution is -1.97. The lowest BCUT2D eigenvalue weighted by molar-refractivity contribution is 0.980. The molecule has 0 saturated carbocycles. The fourth-order valence-electron chi connectivity index (χ4n) is 0.230. The molecule has 0 aromatic carbocycles. The van der Waals surface area contributed by atoms with Crippen LogP contribution in [0.3, 0.4) is 0 Å². The Hall–Kier alpha value is -0.810. The van der Waals surface area contributed by atoms with Crippen LogP contribution in [-0.4, -0.2) is 6.54 Å². The fourth-order valence-corrected chi connectivity index (χ4v) is 0.230. The van der Waals surface area contributed by atoms with E-state index in [9.17, 15) is 0 Å². The molecule has 0 radical (unpaired) electrons. The Labute approximate surface area is 43.2 Å². The molecule has 0 rings (SSSR count). The van der Waals surface area contributed by atoms with Gasteiger partial charge in [0.2, 0.25) is 0 Å². The van der Waals surface area contributed by atoms with Crippen molar-refractivity contribution in [3.8, 4) is 6.07 Å². The van der Waals surface area contributed by atoms with Gasteiger partial charge in [0.25, 0.3) is 0 Å². The van der Waals surface area contributed by atoms with Crippen LogP contribution < -0.4 is 5.73 Å². The van der Waals surface area contributed by atoms with Gasteiger partial charge in [0.1, 0.15) is 0 Å². The van der Waals surface area contributed by atoms with Crippen molar-refractivity contribution in [3.05, 3.63) is 12.2 Å². The summed E-state index contributed by atoms with van der Waals surface area (Å²) in [6, 6.07) is 1.89. The zero-order valence-electron chi connectivity index (χ0n) is 4.15. The Morgan fingerprint density at radius 2 is 2.43 bits per heavy atom. The summed E-state index contributed by atoms with van der Waals surface area (Å²) >= 11 is 0. The number of hydrogen-bond acceptors (Lipinski definition) is 2. The molecule has 38 valence electrons. The highest BCUT2D eigenvalue weighted by atomic mass is 14.5. The van der Waals surface area contributed by atoms with Gasteiger partial charge >= 0.3 is 0 Å². The number of nitrogens with two attached hydrogens (primary N) is 1. The largest absolute Gasteiger partial charge is 0.330 e. The fraction of sp³-hybridized carbons (Fsp3) is 0.400. The van der Waals surface area contributed by atoms with Gasteiger partial charge in [-0.25, -0.2) is 0 Å². The number of rotatable bonds is 2. The molecule has 0 spiro atoms. The monoisotopic (exact) mass is 96.1 g/mol. The summed E-state index contributed by atoms with van der Waals surface area (Å²) < 4.78 is 0. The molecular weight excluding hydrogens is 88.1 g/mol. The minimum atomic E-state index is 0.520. The van der Waals surface area contributed by atoms with Gasteiger partial charge in [-0.05, 0) is 13.0 Å². The van der Waals surface area contributed by atoms with Crippen LogP contribution in [0.4, 0.5) is 0 Å². The second-order valence-corrected chi connectivity index (χ2v) is 1.25. The molecule has 0 bridgehead atoms. The van der Waals surface area contributed by atoms with E-state index in [-0.39, 0.29) is 0 Å². The SMILES string of the molecule is C=C(C#N)CCN. The summed E-state index contributed by atoms with van der Waals surface area (Å²) in [5, 5.41) is 8.06. The van der Waals surface area contributed by atoms with Crippen LogP contribution >= 0.6 is 0 Å². The highest BCUT2D eigenvalue weighted by Crippen LogP contribution is 1.89. The molecule has 0 aliphatic carbocycles. The zero-order valence-corrected chi connectivity index (χ0v) is 4.15. The lowest BCUT2D eigenvalue weighted by atomic mass is 10.2.